The molecule has 0 spiro atoms. The van der Waals surface area contributed by atoms with Crippen LogP contribution in [0.1, 0.15) is 19.8 Å². The number of nitrogens with one attached hydrogen (secondary N) is 1. The second-order valence-corrected chi connectivity index (χ2v) is 9.22. The maximum absolute atomic E-state index is 13.7. The monoisotopic (exact) mass is 470 g/mol. The number of anilines is 1. The van der Waals surface area contributed by atoms with Crippen LogP contribution in [0.5, 0.6) is 0 Å². The molecular formula is C21H21F3N2O5S. The molecule has 2 aromatic rings. The number of sulfonamides is 1. The number of rotatable bonds is 6. The van der Waals surface area contributed by atoms with Crippen LogP contribution in [0, 0.1) is 23.4 Å². The summed E-state index contributed by atoms with van der Waals surface area (Å²) in [5, 5.41) is 2.05. The highest BCUT2D eigenvalue weighted by molar-refractivity contribution is 7.89. The molecule has 0 saturated carbocycles. The van der Waals surface area contributed by atoms with Crippen molar-refractivity contribution in [2.45, 2.75) is 30.8 Å². The molecule has 0 bridgehead atoms. The van der Waals surface area contributed by atoms with Crippen LogP contribution in [-0.4, -0.2) is 43.8 Å². The van der Waals surface area contributed by atoms with Crippen LogP contribution in [0.3, 0.4) is 0 Å². The lowest BCUT2D eigenvalue weighted by Gasteiger charge is -2.30. The first-order valence-electron chi connectivity index (χ1n) is 9.81. The van der Waals surface area contributed by atoms with E-state index in [1.54, 1.807) is 18.2 Å². The van der Waals surface area contributed by atoms with E-state index in [0.717, 1.165) is 6.07 Å². The van der Waals surface area contributed by atoms with Gasteiger partial charge >= 0.3 is 5.97 Å². The molecule has 7 nitrogen and oxygen atoms in total. The van der Waals surface area contributed by atoms with Gasteiger partial charge < -0.3 is 10.1 Å². The van der Waals surface area contributed by atoms with Crippen LogP contribution in [-0.2, 0) is 24.3 Å². The van der Waals surface area contributed by atoms with Gasteiger partial charge in [0.1, 0.15) is 0 Å². The average molecular weight is 470 g/mol. The molecule has 1 amide bonds. The summed E-state index contributed by atoms with van der Waals surface area (Å²) in [7, 11) is -3.67. The number of hydrogen-bond acceptors (Lipinski definition) is 5. The zero-order valence-corrected chi connectivity index (χ0v) is 17.9. The molecular weight excluding hydrogens is 449 g/mol. The van der Waals surface area contributed by atoms with Gasteiger partial charge in [-0.05, 0) is 44.0 Å². The molecule has 172 valence electrons. The van der Waals surface area contributed by atoms with Crippen LogP contribution in [0.25, 0.3) is 0 Å². The van der Waals surface area contributed by atoms with E-state index in [1.807, 2.05) is 5.32 Å². The first kappa shape index (κ1) is 23.7. The third-order valence-electron chi connectivity index (χ3n) is 5.12. The Hall–Kier alpha value is -2.92. The molecule has 3 rings (SSSR count). The molecule has 32 heavy (non-hydrogen) atoms. The van der Waals surface area contributed by atoms with E-state index in [-0.39, 0.29) is 30.8 Å². The Balaban J connectivity index is 1.54. The predicted octanol–water partition coefficient (Wildman–Crippen LogP) is 3.08. The van der Waals surface area contributed by atoms with Crippen molar-refractivity contribution in [3.8, 4) is 0 Å². The van der Waals surface area contributed by atoms with Crippen LogP contribution < -0.4 is 5.32 Å². The molecule has 1 N–H and O–H groups in total. The van der Waals surface area contributed by atoms with Crippen molar-refractivity contribution in [1.82, 2.24) is 4.31 Å². The summed E-state index contributed by atoms with van der Waals surface area (Å²) in [5.74, 6) is -6.94. The molecule has 1 unspecified atom stereocenters. The Morgan fingerprint density at radius 3 is 2.28 bits per heavy atom. The first-order valence-corrected chi connectivity index (χ1v) is 11.3. The largest absolute Gasteiger partial charge is 0.452 e. The van der Waals surface area contributed by atoms with Crippen LogP contribution in [0.2, 0.25) is 0 Å². The number of carbonyl (C=O) groups excluding carboxylic acids is 2. The van der Waals surface area contributed by atoms with E-state index in [0.29, 0.717) is 6.07 Å². The summed E-state index contributed by atoms with van der Waals surface area (Å²) in [4.78, 5) is 24.7. The number of hydrogen-bond donors (Lipinski definition) is 1. The topological polar surface area (TPSA) is 92.8 Å². The molecule has 1 saturated heterocycles. The van der Waals surface area contributed by atoms with E-state index in [4.69, 9.17) is 4.74 Å². The summed E-state index contributed by atoms with van der Waals surface area (Å²) in [5.41, 5.74) is -0.587. The van der Waals surface area contributed by atoms with Gasteiger partial charge in [0.2, 0.25) is 10.0 Å². The Kier molecular flexibility index (Phi) is 7.19. The van der Waals surface area contributed by atoms with Gasteiger partial charge in [0, 0.05) is 13.1 Å². The highest BCUT2D eigenvalue weighted by Gasteiger charge is 2.34. The van der Waals surface area contributed by atoms with Gasteiger partial charge in [0.15, 0.2) is 23.6 Å². The van der Waals surface area contributed by atoms with Crippen LogP contribution in [0.15, 0.2) is 47.4 Å². The molecule has 1 fully saturated rings. The first-order chi connectivity index (χ1) is 15.1. The zero-order valence-electron chi connectivity index (χ0n) is 17.1. The fraction of sp³-hybridized carbons (Fsp3) is 0.333. The van der Waals surface area contributed by atoms with Gasteiger partial charge in [-0.2, -0.15) is 4.31 Å². The lowest BCUT2D eigenvalue weighted by Crippen LogP contribution is -2.41. The summed E-state index contributed by atoms with van der Waals surface area (Å²) < 4.78 is 71.7. The molecule has 0 aliphatic carbocycles. The molecule has 11 heteroatoms. The van der Waals surface area contributed by atoms with Gasteiger partial charge in [-0.1, -0.05) is 18.2 Å². The molecule has 0 aromatic heterocycles. The minimum Gasteiger partial charge on any atom is -0.452 e. The van der Waals surface area contributed by atoms with E-state index in [1.165, 1.54) is 23.4 Å². The fourth-order valence-electron chi connectivity index (χ4n) is 3.25. The smallest absolute Gasteiger partial charge is 0.309 e. The van der Waals surface area contributed by atoms with E-state index >= 15 is 0 Å². The Morgan fingerprint density at radius 1 is 1.03 bits per heavy atom. The number of carbonyl (C=O) groups is 2. The van der Waals surface area contributed by atoms with Crippen molar-refractivity contribution in [1.29, 1.82) is 0 Å². The third kappa shape index (κ3) is 5.10. The number of piperidine rings is 1. The maximum Gasteiger partial charge on any atom is 0.309 e. The number of nitrogens with zero attached hydrogens (tertiary/aromatic N) is 1. The summed E-state index contributed by atoms with van der Waals surface area (Å²) in [6.07, 6.45) is -0.922. The molecule has 0 radical (unpaired) electrons. The summed E-state index contributed by atoms with van der Waals surface area (Å²) >= 11 is 0. The minimum atomic E-state index is -3.67. The standard InChI is InChI=1S/C21H21F3N2O5S/c1-13(20(27)25-17-8-7-16(22)18(23)19(17)24)31-21(28)14-9-11-26(12-10-14)32(29,30)15-5-3-2-4-6-15/h2-8,13-14H,9-12H2,1H3,(H,25,27). The number of halogens is 3. The lowest BCUT2D eigenvalue weighted by atomic mass is 9.98. The number of amides is 1. The van der Waals surface area contributed by atoms with E-state index in [2.05, 4.69) is 0 Å². The maximum atomic E-state index is 13.7. The van der Waals surface area contributed by atoms with Crippen molar-refractivity contribution in [2.24, 2.45) is 5.92 Å². The third-order valence-corrected chi connectivity index (χ3v) is 7.04. The molecule has 1 aliphatic heterocycles. The number of esters is 1. The Morgan fingerprint density at radius 2 is 1.66 bits per heavy atom. The number of ether oxygens (including phenoxy) is 1. The van der Waals surface area contributed by atoms with E-state index < -0.39 is 57.1 Å². The highest BCUT2D eigenvalue weighted by atomic mass is 32.2. The number of benzene rings is 2. The SMILES string of the molecule is CC(OC(=O)C1CCN(S(=O)(=O)c2ccccc2)CC1)C(=O)Nc1ccc(F)c(F)c1F. The second-order valence-electron chi connectivity index (χ2n) is 7.28. The normalized spacial score (nSPS) is 16.4. The molecule has 1 heterocycles. The van der Waals surface area contributed by atoms with E-state index in [9.17, 15) is 31.2 Å². The second kappa shape index (κ2) is 9.70. The molecule has 2 aromatic carbocycles. The molecule has 1 atom stereocenters. The quantitative estimate of drug-likeness (QED) is 0.518. The van der Waals surface area contributed by atoms with Gasteiger partial charge in [0.25, 0.3) is 5.91 Å². The summed E-state index contributed by atoms with van der Waals surface area (Å²) in [6.45, 7) is 1.47. The predicted molar refractivity (Wildman–Crippen MR) is 108 cm³/mol. The van der Waals surface area contributed by atoms with Crippen LogP contribution >= 0.6 is 0 Å². The fourth-order valence-corrected chi connectivity index (χ4v) is 4.74. The van der Waals surface area contributed by atoms with Gasteiger partial charge in [-0.3, -0.25) is 9.59 Å². The lowest BCUT2D eigenvalue weighted by molar-refractivity contribution is -0.158. The van der Waals surface area contributed by atoms with Crippen molar-refractivity contribution < 1.29 is 35.9 Å². The van der Waals surface area contributed by atoms with Crippen molar-refractivity contribution in [3.05, 3.63) is 59.9 Å². The Labute approximate surface area is 183 Å². The van der Waals surface area contributed by atoms with Gasteiger partial charge in [0.05, 0.1) is 16.5 Å². The van der Waals surface area contributed by atoms with Crippen molar-refractivity contribution in [3.63, 3.8) is 0 Å². The summed E-state index contributed by atoms with van der Waals surface area (Å²) in [6, 6.07) is 9.44. The van der Waals surface area contributed by atoms with Gasteiger partial charge in [-0.15, -0.1) is 0 Å². The Bertz CT molecular complexity index is 1100. The van der Waals surface area contributed by atoms with Crippen molar-refractivity contribution >= 4 is 27.6 Å². The minimum absolute atomic E-state index is 0.109. The zero-order chi connectivity index (χ0) is 23.5. The van der Waals surface area contributed by atoms with Crippen LogP contribution in [0.4, 0.5) is 18.9 Å². The highest BCUT2D eigenvalue weighted by Crippen LogP contribution is 2.25. The van der Waals surface area contributed by atoms with Gasteiger partial charge in [-0.25, -0.2) is 21.6 Å². The van der Waals surface area contributed by atoms with Crippen molar-refractivity contribution in [2.75, 3.05) is 18.4 Å². The average Bonchev–Trinajstić information content (AvgIpc) is 2.80. The molecule has 1 aliphatic rings.